The van der Waals surface area contributed by atoms with Gasteiger partial charge in [-0.2, -0.15) is 0 Å². The molecular formula is C26H24N2O4. The van der Waals surface area contributed by atoms with Crippen molar-refractivity contribution in [3.8, 4) is 5.75 Å². The minimum atomic E-state index is -0.833. The molecule has 4 rings (SSSR count). The van der Waals surface area contributed by atoms with Crippen molar-refractivity contribution < 1.29 is 19.1 Å². The first kappa shape index (κ1) is 21.2. The van der Waals surface area contributed by atoms with Crippen LogP contribution in [0, 0.1) is 0 Å². The number of benzene rings is 3. The number of H-pyrrole nitrogens is 1. The Morgan fingerprint density at radius 1 is 0.938 bits per heavy atom. The summed E-state index contributed by atoms with van der Waals surface area (Å²) in [4.78, 5) is 29.0. The zero-order valence-corrected chi connectivity index (χ0v) is 17.7. The molecule has 4 aromatic rings. The minimum Gasteiger partial charge on any atom is -0.497 e. The lowest BCUT2D eigenvalue weighted by Crippen LogP contribution is -2.43. The average molecular weight is 428 g/mol. The van der Waals surface area contributed by atoms with Crippen LogP contribution >= 0.6 is 0 Å². The van der Waals surface area contributed by atoms with Gasteiger partial charge in [-0.15, -0.1) is 0 Å². The van der Waals surface area contributed by atoms with Crippen LogP contribution in [0.2, 0.25) is 0 Å². The molecule has 0 aliphatic carbocycles. The summed E-state index contributed by atoms with van der Waals surface area (Å²) in [6.45, 7) is 0.106. The van der Waals surface area contributed by atoms with E-state index in [1.54, 1.807) is 31.4 Å². The van der Waals surface area contributed by atoms with Crippen molar-refractivity contribution in [1.29, 1.82) is 0 Å². The summed E-state index contributed by atoms with van der Waals surface area (Å²) in [5.74, 6) is -0.0837. The number of hydrogen-bond donors (Lipinski definition) is 2. The predicted molar refractivity (Wildman–Crippen MR) is 122 cm³/mol. The summed E-state index contributed by atoms with van der Waals surface area (Å²) < 4.78 is 10.7. The Morgan fingerprint density at radius 3 is 2.41 bits per heavy atom. The first-order valence-corrected chi connectivity index (χ1v) is 10.3. The first-order valence-electron chi connectivity index (χ1n) is 10.3. The van der Waals surface area contributed by atoms with Crippen LogP contribution in [-0.2, 0) is 22.6 Å². The Labute approximate surface area is 186 Å². The number of nitrogens with one attached hydrogen (secondary N) is 2. The van der Waals surface area contributed by atoms with E-state index in [0.717, 1.165) is 27.8 Å². The van der Waals surface area contributed by atoms with Gasteiger partial charge in [-0.1, -0.05) is 48.5 Å². The number of carbonyl (C=O) groups excluding carboxylic acids is 2. The molecule has 162 valence electrons. The maximum absolute atomic E-state index is 13.0. The van der Waals surface area contributed by atoms with Crippen molar-refractivity contribution in [2.45, 2.75) is 19.1 Å². The highest BCUT2D eigenvalue weighted by molar-refractivity contribution is 5.97. The van der Waals surface area contributed by atoms with E-state index in [-0.39, 0.29) is 12.5 Å². The van der Waals surface area contributed by atoms with Gasteiger partial charge in [0.1, 0.15) is 18.4 Å². The van der Waals surface area contributed by atoms with E-state index in [9.17, 15) is 9.59 Å². The molecule has 0 saturated carbocycles. The highest BCUT2D eigenvalue weighted by Crippen LogP contribution is 2.20. The van der Waals surface area contributed by atoms with Crippen LogP contribution in [0.4, 0.5) is 0 Å². The van der Waals surface area contributed by atoms with Gasteiger partial charge in [0, 0.05) is 29.1 Å². The molecule has 1 atom stereocenters. The smallest absolute Gasteiger partial charge is 0.329 e. The number of rotatable bonds is 8. The third kappa shape index (κ3) is 4.98. The van der Waals surface area contributed by atoms with Gasteiger partial charge in [0.15, 0.2) is 0 Å². The largest absolute Gasteiger partial charge is 0.497 e. The molecule has 2 N–H and O–H groups in total. The zero-order valence-electron chi connectivity index (χ0n) is 17.7. The van der Waals surface area contributed by atoms with Crippen molar-refractivity contribution in [2.24, 2.45) is 0 Å². The third-order valence-electron chi connectivity index (χ3n) is 5.26. The minimum absolute atomic E-state index is 0.106. The lowest BCUT2D eigenvalue weighted by atomic mass is 10.0. The fraction of sp³-hybridized carbons (Fsp3) is 0.154. The summed E-state index contributed by atoms with van der Waals surface area (Å²) in [6.07, 6.45) is 2.17. The SMILES string of the molecule is COc1ccc(COC(=O)[C@H](Cc2c[nH]c3ccccc23)NC(=O)c2ccccc2)cc1. The number of para-hydroxylation sites is 1. The average Bonchev–Trinajstić information content (AvgIpc) is 3.25. The van der Waals surface area contributed by atoms with Crippen LogP contribution in [0.5, 0.6) is 5.75 Å². The van der Waals surface area contributed by atoms with Crippen LogP contribution < -0.4 is 10.1 Å². The normalized spacial score (nSPS) is 11.7. The third-order valence-corrected chi connectivity index (χ3v) is 5.26. The summed E-state index contributed by atoms with van der Waals surface area (Å²) >= 11 is 0. The summed E-state index contributed by atoms with van der Waals surface area (Å²) in [5.41, 5.74) is 3.22. The first-order chi connectivity index (χ1) is 15.6. The van der Waals surface area contributed by atoms with Crippen molar-refractivity contribution in [3.05, 3.63) is 102 Å². The fourth-order valence-corrected chi connectivity index (χ4v) is 3.52. The molecule has 1 aromatic heterocycles. The quantitative estimate of drug-likeness (QED) is 0.411. The standard InChI is InChI=1S/C26H24N2O4/c1-31-21-13-11-18(12-14-21)17-32-26(30)24(28-25(29)19-7-3-2-4-8-19)15-20-16-27-23-10-6-5-9-22(20)23/h2-14,16,24,27H,15,17H2,1H3,(H,28,29)/t24-/m0/s1. The van der Waals surface area contributed by atoms with Gasteiger partial charge in [-0.05, 0) is 41.5 Å². The highest BCUT2D eigenvalue weighted by Gasteiger charge is 2.24. The Balaban J connectivity index is 1.51. The molecule has 0 saturated heterocycles. The van der Waals surface area contributed by atoms with Gasteiger partial charge >= 0.3 is 5.97 Å². The molecule has 0 spiro atoms. The fourth-order valence-electron chi connectivity index (χ4n) is 3.52. The number of methoxy groups -OCH3 is 1. The molecule has 0 fully saturated rings. The Bertz CT molecular complexity index is 1200. The van der Waals surface area contributed by atoms with Crippen LogP contribution in [0.3, 0.4) is 0 Å². The van der Waals surface area contributed by atoms with E-state index < -0.39 is 12.0 Å². The molecule has 1 heterocycles. The number of hydrogen-bond acceptors (Lipinski definition) is 4. The molecular weight excluding hydrogens is 404 g/mol. The molecule has 0 aliphatic heterocycles. The Morgan fingerprint density at radius 2 is 1.66 bits per heavy atom. The molecule has 0 unspecified atom stereocenters. The molecule has 3 aromatic carbocycles. The highest BCUT2D eigenvalue weighted by atomic mass is 16.5. The lowest BCUT2D eigenvalue weighted by molar-refractivity contribution is -0.147. The second-order valence-electron chi connectivity index (χ2n) is 7.41. The maximum Gasteiger partial charge on any atom is 0.329 e. The van der Waals surface area contributed by atoms with Gasteiger partial charge in [-0.3, -0.25) is 4.79 Å². The van der Waals surface area contributed by atoms with Crippen LogP contribution in [-0.4, -0.2) is 30.0 Å². The molecule has 0 aliphatic rings. The molecule has 6 heteroatoms. The van der Waals surface area contributed by atoms with E-state index in [1.165, 1.54) is 0 Å². The molecule has 32 heavy (non-hydrogen) atoms. The molecule has 0 bridgehead atoms. The topological polar surface area (TPSA) is 80.4 Å². The monoisotopic (exact) mass is 428 g/mol. The molecule has 6 nitrogen and oxygen atoms in total. The van der Waals surface area contributed by atoms with Crippen molar-refractivity contribution >= 4 is 22.8 Å². The van der Waals surface area contributed by atoms with E-state index in [2.05, 4.69) is 10.3 Å². The van der Waals surface area contributed by atoms with Crippen molar-refractivity contribution in [2.75, 3.05) is 7.11 Å². The molecule has 1 amide bonds. The van der Waals surface area contributed by atoms with E-state index in [0.29, 0.717) is 12.0 Å². The van der Waals surface area contributed by atoms with E-state index >= 15 is 0 Å². The predicted octanol–water partition coefficient (Wildman–Crippen LogP) is 4.26. The Kier molecular flexibility index (Phi) is 6.51. The van der Waals surface area contributed by atoms with Crippen LogP contribution in [0.1, 0.15) is 21.5 Å². The number of amides is 1. The number of aromatic nitrogens is 1. The number of ether oxygens (including phenoxy) is 2. The number of esters is 1. The van der Waals surface area contributed by atoms with Crippen LogP contribution in [0.15, 0.2) is 85.1 Å². The van der Waals surface area contributed by atoms with Crippen molar-refractivity contribution in [3.63, 3.8) is 0 Å². The summed E-state index contributed by atoms with van der Waals surface area (Å²) in [5, 5.41) is 3.85. The van der Waals surface area contributed by atoms with Crippen molar-refractivity contribution in [1.82, 2.24) is 10.3 Å². The number of fused-ring (bicyclic) bond motifs is 1. The second kappa shape index (κ2) is 9.83. The van der Waals surface area contributed by atoms with Gasteiger partial charge in [0.2, 0.25) is 0 Å². The van der Waals surface area contributed by atoms with Gasteiger partial charge in [-0.25, -0.2) is 4.79 Å². The summed E-state index contributed by atoms with van der Waals surface area (Å²) in [7, 11) is 1.60. The van der Waals surface area contributed by atoms with Gasteiger partial charge in [0.05, 0.1) is 7.11 Å². The zero-order chi connectivity index (χ0) is 22.3. The number of carbonyl (C=O) groups is 2. The second-order valence-corrected chi connectivity index (χ2v) is 7.41. The molecule has 0 radical (unpaired) electrons. The van der Waals surface area contributed by atoms with Gasteiger partial charge < -0.3 is 19.8 Å². The summed E-state index contributed by atoms with van der Waals surface area (Å²) in [6, 6.07) is 23.1. The van der Waals surface area contributed by atoms with E-state index in [4.69, 9.17) is 9.47 Å². The Hall–Kier alpha value is -4.06. The maximum atomic E-state index is 13.0. The van der Waals surface area contributed by atoms with Crippen LogP contribution in [0.25, 0.3) is 10.9 Å². The van der Waals surface area contributed by atoms with E-state index in [1.807, 2.05) is 60.8 Å². The van der Waals surface area contributed by atoms with Gasteiger partial charge in [0.25, 0.3) is 5.91 Å². The lowest BCUT2D eigenvalue weighted by Gasteiger charge is -2.18. The number of aromatic amines is 1.